The van der Waals surface area contributed by atoms with Crippen molar-refractivity contribution in [1.82, 2.24) is 5.32 Å². The molecule has 2 unspecified atom stereocenters. The lowest BCUT2D eigenvalue weighted by Gasteiger charge is -2.31. The number of aliphatic hydroxyl groups excluding tert-OH is 1. The Morgan fingerprint density at radius 1 is 1.38 bits per heavy atom. The van der Waals surface area contributed by atoms with Crippen LogP contribution in [-0.2, 0) is 9.53 Å². The zero-order valence-corrected chi connectivity index (χ0v) is 11.3. The van der Waals surface area contributed by atoms with E-state index in [0.29, 0.717) is 0 Å². The Bertz CT molecular complexity index is 229. The quantitative estimate of drug-likeness (QED) is 0.703. The van der Waals surface area contributed by atoms with E-state index in [0.717, 1.165) is 6.42 Å². The second-order valence-electron chi connectivity index (χ2n) is 5.47. The maximum atomic E-state index is 11.7. The van der Waals surface area contributed by atoms with Crippen LogP contribution in [0.4, 0.5) is 0 Å². The molecular formula is C12H25NO3. The molecule has 0 saturated heterocycles. The fourth-order valence-electron chi connectivity index (χ4n) is 1.23. The van der Waals surface area contributed by atoms with Crippen molar-refractivity contribution in [3.8, 4) is 0 Å². The van der Waals surface area contributed by atoms with Gasteiger partial charge >= 0.3 is 5.97 Å². The summed E-state index contributed by atoms with van der Waals surface area (Å²) in [7, 11) is 0. The molecule has 4 heteroatoms. The first-order chi connectivity index (χ1) is 7.13. The molecule has 0 aromatic rings. The molecule has 4 nitrogen and oxygen atoms in total. The van der Waals surface area contributed by atoms with Crippen LogP contribution in [0.3, 0.4) is 0 Å². The first-order valence-electron chi connectivity index (χ1n) is 5.75. The molecule has 2 atom stereocenters. The van der Waals surface area contributed by atoms with Crippen LogP contribution in [0, 0.1) is 0 Å². The summed E-state index contributed by atoms with van der Waals surface area (Å²) in [5.41, 5.74) is -0.912. The molecule has 0 aromatic carbocycles. The van der Waals surface area contributed by atoms with Gasteiger partial charge in [0.2, 0.25) is 0 Å². The summed E-state index contributed by atoms with van der Waals surface area (Å²) >= 11 is 0. The third-order valence-electron chi connectivity index (χ3n) is 2.45. The summed E-state index contributed by atoms with van der Waals surface area (Å²) in [6.45, 7) is 11.1. The molecule has 2 N–H and O–H groups in total. The van der Waals surface area contributed by atoms with Gasteiger partial charge in [0.1, 0.15) is 11.6 Å². The van der Waals surface area contributed by atoms with Gasteiger partial charge in [0, 0.05) is 5.54 Å². The summed E-state index contributed by atoms with van der Waals surface area (Å²) in [5.74, 6) is -0.291. The number of carbonyl (C=O) groups excluding carboxylic acids is 1. The summed E-state index contributed by atoms with van der Waals surface area (Å²) in [5, 5.41) is 12.3. The van der Waals surface area contributed by atoms with Crippen molar-refractivity contribution in [2.24, 2.45) is 0 Å². The minimum Gasteiger partial charge on any atom is -0.459 e. The Kier molecular flexibility index (Phi) is 5.42. The van der Waals surface area contributed by atoms with E-state index in [9.17, 15) is 9.90 Å². The van der Waals surface area contributed by atoms with Gasteiger partial charge in [-0.25, -0.2) is 0 Å². The lowest BCUT2D eigenvalue weighted by atomic mass is 9.99. The number of hydrogen-bond acceptors (Lipinski definition) is 4. The van der Waals surface area contributed by atoms with E-state index in [1.807, 2.05) is 34.6 Å². The number of rotatable bonds is 5. The fraction of sp³-hybridized carbons (Fsp3) is 0.917. The average Bonchev–Trinajstić information content (AvgIpc) is 2.15. The first-order valence-corrected chi connectivity index (χ1v) is 5.75. The largest absolute Gasteiger partial charge is 0.459 e. The Morgan fingerprint density at radius 3 is 2.19 bits per heavy atom. The Hall–Kier alpha value is -0.610. The van der Waals surface area contributed by atoms with E-state index < -0.39 is 17.2 Å². The van der Waals surface area contributed by atoms with Crippen molar-refractivity contribution >= 4 is 5.97 Å². The minimum absolute atomic E-state index is 0.00334. The smallest absolute Gasteiger partial charge is 0.323 e. The molecule has 16 heavy (non-hydrogen) atoms. The molecule has 0 saturated carbocycles. The van der Waals surface area contributed by atoms with Gasteiger partial charge in [-0.05, 0) is 41.0 Å². The average molecular weight is 231 g/mol. The molecule has 0 rings (SSSR count). The second kappa shape index (κ2) is 5.64. The molecule has 0 aliphatic heterocycles. The second-order valence-corrected chi connectivity index (χ2v) is 5.47. The number of hydrogen-bond donors (Lipinski definition) is 2. The summed E-state index contributed by atoms with van der Waals surface area (Å²) in [6, 6.07) is -0.420. The van der Waals surface area contributed by atoms with E-state index in [4.69, 9.17) is 4.74 Å². The molecule has 0 amide bonds. The van der Waals surface area contributed by atoms with Crippen molar-refractivity contribution in [2.75, 3.05) is 6.61 Å². The van der Waals surface area contributed by atoms with Crippen LogP contribution in [0.2, 0.25) is 0 Å². The topological polar surface area (TPSA) is 58.6 Å². The standard InChI is InChI=1S/C12H25NO3/c1-7-12(6,8-14)13-9(2)10(15)16-11(3,4)5/h9,13-14H,7-8H2,1-6H3. The van der Waals surface area contributed by atoms with Gasteiger partial charge < -0.3 is 9.84 Å². The minimum atomic E-state index is -0.477. The Morgan fingerprint density at radius 2 is 1.88 bits per heavy atom. The zero-order chi connectivity index (χ0) is 13.0. The monoisotopic (exact) mass is 231 g/mol. The highest BCUT2D eigenvalue weighted by molar-refractivity contribution is 5.75. The third-order valence-corrected chi connectivity index (χ3v) is 2.45. The van der Waals surface area contributed by atoms with Gasteiger partial charge in [0.25, 0.3) is 0 Å². The lowest BCUT2D eigenvalue weighted by molar-refractivity contribution is -0.157. The van der Waals surface area contributed by atoms with E-state index in [1.54, 1.807) is 6.92 Å². The molecule has 0 aromatic heterocycles. The van der Waals surface area contributed by atoms with Crippen LogP contribution in [0.25, 0.3) is 0 Å². The number of esters is 1. The maximum absolute atomic E-state index is 11.7. The molecular weight excluding hydrogens is 206 g/mol. The summed E-state index contributed by atoms with van der Waals surface area (Å²) < 4.78 is 5.25. The first kappa shape index (κ1) is 15.4. The normalized spacial score (nSPS) is 17.7. The van der Waals surface area contributed by atoms with Gasteiger partial charge in [0.05, 0.1) is 6.61 Å². The molecule has 0 heterocycles. The lowest BCUT2D eigenvalue weighted by Crippen LogP contribution is -2.53. The van der Waals surface area contributed by atoms with E-state index >= 15 is 0 Å². The highest BCUT2D eigenvalue weighted by Gasteiger charge is 2.28. The molecule has 0 radical (unpaired) electrons. The van der Waals surface area contributed by atoms with Crippen LogP contribution in [-0.4, -0.2) is 34.9 Å². The van der Waals surface area contributed by atoms with E-state index in [1.165, 1.54) is 0 Å². The molecule has 0 aliphatic carbocycles. The van der Waals surface area contributed by atoms with Gasteiger partial charge in [-0.2, -0.15) is 0 Å². The predicted molar refractivity (Wildman–Crippen MR) is 64.2 cm³/mol. The van der Waals surface area contributed by atoms with Crippen LogP contribution in [0.5, 0.6) is 0 Å². The molecule has 0 bridgehead atoms. The SMILES string of the molecule is CCC(C)(CO)NC(C)C(=O)OC(C)(C)C. The van der Waals surface area contributed by atoms with Gasteiger partial charge in [-0.3, -0.25) is 10.1 Å². The van der Waals surface area contributed by atoms with Gasteiger partial charge in [0.15, 0.2) is 0 Å². The van der Waals surface area contributed by atoms with Gasteiger partial charge in [-0.1, -0.05) is 6.92 Å². The molecule has 0 aliphatic rings. The van der Waals surface area contributed by atoms with Crippen molar-refractivity contribution in [2.45, 2.75) is 65.1 Å². The van der Waals surface area contributed by atoms with Crippen LogP contribution in [0.1, 0.15) is 48.0 Å². The van der Waals surface area contributed by atoms with E-state index in [2.05, 4.69) is 5.32 Å². The van der Waals surface area contributed by atoms with Crippen molar-refractivity contribution < 1.29 is 14.6 Å². The number of aliphatic hydroxyl groups is 1. The summed E-state index contributed by atoms with van der Waals surface area (Å²) in [6.07, 6.45) is 0.747. The Balaban J connectivity index is 4.36. The summed E-state index contributed by atoms with van der Waals surface area (Å²) in [4.78, 5) is 11.7. The fourth-order valence-corrected chi connectivity index (χ4v) is 1.23. The number of ether oxygens (including phenoxy) is 1. The van der Waals surface area contributed by atoms with E-state index in [-0.39, 0.29) is 12.6 Å². The molecule has 0 fully saturated rings. The number of carbonyl (C=O) groups is 1. The van der Waals surface area contributed by atoms with Crippen molar-refractivity contribution in [3.63, 3.8) is 0 Å². The highest BCUT2D eigenvalue weighted by atomic mass is 16.6. The van der Waals surface area contributed by atoms with Crippen molar-refractivity contribution in [1.29, 1.82) is 0 Å². The molecule has 0 spiro atoms. The number of nitrogens with one attached hydrogen (secondary N) is 1. The Labute approximate surface area is 98.4 Å². The van der Waals surface area contributed by atoms with Crippen LogP contribution in [0.15, 0.2) is 0 Å². The molecule has 96 valence electrons. The third kappa shape index (κ3) is 5.47. The van der Waals surface area contributed by atoms with Crippen molar-refractivity contribution in [3.05, 3.63) is 0 Å². The zero-order valence-electron chi connectivity index (χ0n) is 11.3. The highest BCUT2D eigenvalue weighted by Crippen LogP contribution is 2.12. The predicted octanol–water partition coefficient (Wildman–Crippen LogP) is 1.47. The van der Waals surface area contributed by atoms with Crippen LogP contribution >= 0.6 is 0 Å². The van der Waals surface area contributed by atoms with Gasteiger partial charge in [-0.15, -0.1) is 0 Å². The maximum Gasteiger partial charge on any atom is 0.323 e. The van der Waals surface area contributed by atoms with Crippen LogP contribution < -0.4 is 5.32 Å².